The summed E-state index contributed by atoms with van der Waals surface area (Å²) >= 11 is 0. The molecule has 0 saturated carbocycles. The maximum absolute atomic E-state index is 11.0. The number of carbonyl (C=O) groups excluding carboxylic acids is 1. The summed E-state index contributed by atoms with van der Waals surface area (Å²) in [5.41, 5.74) is 0. The second kappa shape index (κ2) is 5.38. The van der Waals surface area contributed by atoms with E-state index in [0.29, 0.717) is 6.54 Å². The summed E-state index contributed by atoms with van der Waals surface area (Å²) in [7, 11) is 0. The number of aliphatic hydroxyl groups is 4. The quantitative estimate of drug-likeness (QED) is 0.288. The van der Waals surface area contributed by atoms with Crippen molar-refractivity contribution in [2.75, 3.05) is 19.7 Å². The van der Waals surface area contributed by atoms with E-state index in [1.807, 2.05) is 0 Å². The lowest BCUT2D eigenvalue weighted by molar-refractivity contribution is -0.127. The van der Waals surface area contributed by atoms with Gasteiger partial charge in [0, 0.05) is 6.54 Å². The zero-order chi connectivity index (χ0) is 11.4. The highest BCUT2D eigenvalue weighted by Gasteiger charge is 2.33. The molecule has 0 aromatic rings. The lowest BCUT2D eigenvalue weighted by atomic mass is 10.00. The number of hydrogen-bond donors (Lipinski definition) is 6. The van der Waals surface area contributed by atoms with Crippen molar-refractivity contribution in [3.8, 4) is 0 Å². The van der Waals surface area contributed by atoms with Crippen molar-refractivity contribution in [2.45, 2.75) is 24.4 Å². The Kier molecular flexibility index (Phi) is 4.43. The molecule has 1 rings (SSSR count). The van der Waals surface area contributed by atoms with Crippen molar-refractivity contribution in [1.29, 1.82) is 0 Å². The van der Waals surface area contributed by atoms with E-state index >= 15 is 0 Å². The first-order valence-electron chi connectivity index (χ1n) is 4.71. The second-order valence-electron chi connectivity index (χ2n) is 3.54. The molecular weight excluding hydrogens is 204 g/mol. The smallest absolute Gasteiger partial charge is 0.234 e. The van der Waals surface area contributed by atoms with Crippen molar-refractivity contribution in [1.82, 2.24) is 10.6 Å². The number of hydrogen-bond acceptors (Lipinski definition) is 6. The predicted molar refractivity (Wildman–Crippen MR) is 49.9 cm³/mol. The molecule has 7 nitrogen and oxygen atoms in total. The Bertz CT molecular complexity index is 225. The molecule has 15 heavy (non-hydrogen) atoms. The highest BCUT2D eigenvalue weighted by molar-refractivity contribution is 5.79. The molecule has 1 aliphatic rings. The summed E-state index contributed by atoms with van der Waals surface area (Å²) in [6.07, 6.45) is -4.22. The van der Waals surface area contributed by atoms with Crippen LogP contribution in [-0.4, -0.2) is 70.4 Å². The van der Waals surface area contributed by atoms with E-state index in [0.717, 1.165) is 0 Å². The van der Waals surface area contributed by atoms with Gasteiger partial charge in [0.2, 0.25) is 5.91 Å². The van der Waals surface area contributed by atoms with Crippen molar-refractivity contribution >= 4 is 5.91 Å². The van der Waals surface area contributed by atoms with Crippen molar-refractivity contribution in [3.63, 3.8) is 0 Å². The minimum atomic E-state index is -1.49. The first-order valence-corrected chi connectivity index (χ1v) is 4.71. The lowest BCUT2D eigenvalue weighted by Crippen LogP contribution is -2.61. The van der Waals surface area contributed by atoms with Crippen LogP contribution in [0.5, 0.6) is 0 Å². The second-order valence-corrected chi connectivity index (χ2v) is 3.54. The molecule has 1 aliphatic heterocycles. The normalized spacial score (nSPS) is 28.0. The fraction of sp³-hybridized carbons (Fsp3) is 0.875. The summed E-state index contributed by atoms with van der Waals surface area (Å²) in [5.74, 6) is -0.281. The van der Waals surface area contributed by atoms with E-state index in [9.17, 15) is 15.0 Å². The van der Waals surface area contributed by atoms with Crippen LogP contribution in [0.2, 0.25) is 0 Å². The van der Waals surface area contributed by atoms with E-state index in [-0.39, 0.29) is 12.5 Å². The number of carbonyl (C=O) groups is 1. The number of rotatable bonds is 4. The van der Waals surface area contributed by atoms with Crippen LogP contribution in [0, 0.1) is 0 Å². The largest absolute Gasteiger partial charge is 0.394 e. The molecular formula is C8H16N2O5. The third-order valence-corrected chi connectivity index (χ3v) is 2.34. The number of aliphatic hydroxyl groups excluding tert-OH is 4. The Morgan fingerprint density at radius 1 is 1.40 bits per heavy atom. The topological polar surface area (TPSA) is 122 Å². The third kappa shape index (κ3) is 3.11. The molecule has 0 bridgehead atoms. The zero-order valence-electron chi connectivity index (χ0n) is 8.13. The zero-order valence-corrected chi connectivity index (χ0v) is 8.13. The van der Waals surface area contributed by atoms with Crippen LogP contribution in [0.3, 0.4) is 0 Å². The standard InChI is InChI=1S/C8H16N2O5/c11-3-5(12)8(15)7(14)4-1-9-2-6(13)10-4/h4-5,7-9,11-12,14-15H,1-3H2,(H,10,13)/t4-,5+,7+,8+/m0/s1. The van der Waals surface area contributed by atoms with Gasteiger partial charge in [-0.1, -0.05) is 0 Å². The average molecular weight is 220 g/mol. The Hall–Kier alpha value is -0.730. The van der Waals surface area contributed by atoms with E-state index in [4.69, 9.17) is 10.2 Å². The predicted octanol–water partition coefficient (Wildman–Crippen LogP) is -3.85. The monoisotopic (exact) mass is 220 g/mol. The Morgan fingerprint density at radius 3 is 2.60 bits per heavy atom. The number of amides is 1. The summed E-state index contributed by atoms with van der Waals surface area (Å²) in [6.45, 7) is -0.170. The highest BCUT2D eigenvalue weighted by Crippen LogP contribution is 2.06. The number of piperazine rings is 1. The average Bonchev–Trinajstić information content (AvgIpc) is 2.26. The van der Waals surface area contributed by atoms with Gasteiger partial charge in [0.25, 0.3) is 0 Å². The van der Waals surface area contributed by atoms with Crippen LogP contribution < -0.4 is 10.6 Å². The van der Waals surface area contributed by atoms with Gasteiger partial charge in [-0.05, 0) is 0 Å². The molecule has 1 amide bonds. The molecule has 0 radical (unpaired) electrons. The molecule has 0 spiro atoms. The van der Waals surface area contributed by atoms with Gasteiger partial charge in [0.1, 0.15) is 18.3 Å². The third-order valence-electron chi connectivity index (χ3n) is 2.34. The summed E-state index contributed by atoms with van der Waals surface area (Å²) in [6, 6.07) is -0.664. The molecule has 0 aromatic heterocycles. The van der Waals surface area contributed by atoms with Crippen molar-refractivity contribution in [3.05, 3.63) is 0 Å². The lowest BCUT2D eigenvalue weighted by Gasteiger charge is -2.32. The van der Waals surface area contributed by atoms with Gasteiger partial charge in [0.15, 0.2) is 0 Å². The van der Waals surface area contributed by atoms with Crippen LogP contribution in [0.15, 0.2) is 0 Å². The molecule has 1 heterocycles. The Labute approximate surface area is 86.7 Å². The molecule has 1 saturated heterocycles. The molecule has 0 aliphatic carbocycles. The van der Waals surface area contributed by atoms with Crippen molar-refractivity contribution in [2.24, 2.45) is 0 Å². The SMILES string of the molecule is O=C1CNC[C@@H]([C@@H](O)[C@H](O)[C@H](O)CO)N1. The molecule has 88 valence electrons. The maximum Gasteiger partial charge on any atom is 0.234 e. The van der Waals surface area contributed by atoms with E-state index in [1.165, 1.54) is 0 Å². The molecule has 6 N–H and O–H groups in total. The van der Waals surface area contributed by atoms with Gasteiger partial charge in [-0.15, -0.1) is 0 Å². The molecule has 1 fully saturated rings. The first-order chi connectivity index (χ1) is 7.06. The molecule has 7 heteroatoms. The van der Waals surface area contributed by atoms with E-state index < -0.39 is 31.0 Å². The Morgan fingerprint density at radius 2 is 2.07 bits per heavy atom. The minimum Gasteiger partial charge on any atom is -0.394 e. The van der Waals surface area contributed by atoms with Gasteiger partial charge < -0.3 is 31.1 Å². The van der Waals surface area contributed by atoms with Crippen LogP contribution in [0.4, 0.5) is 0 Å². The minimum absolute atomic E-state index is 0.169. The highest BCUT2D eigenvalue weighted by atomic mass is 16.4. The van der Waals surface area contributed by atoms with Gasteiger partial charge in [-0.3, -0.25) is 4.79 Å². The van der Waals surface area contributed by atoms with Gasteiger partial charge in [-0.2, -0.15) is 0 Å². The van der Waals surface area contributed by atoms with Crippen LogP contribution in [0.1, 0.15) is 0 Å². The number of nitrogens with one attached hydrogen (secondary N) is 2. The summed E-state index contributed by atoms with van der Waals surface area (Å²) in [4.78, 5) is 11.0. The maximum atomic E-state index is 11.0. The van der Waals surface area contributed by atoms with E-state index in [1.54, 1.807) is 0 Å². The van der Waals surface area contributed by atoms with Gasteiger partial charge in [0.05, 0.1) is 19.2 Å². The fourth-order valence-corrected chi connectivity index (χ4v) is 1.43. The van der Waals surface area contributed by atoms with Gasteiger partial charge in [-0.25, -0.2) is 0 Å². The molecule has 0 aromatic carbocycles. The summed E-state index contributed by atoms with van der Waals surface area (Å²) in [5, 5.41) is 41.9. The van der Waals surface area contributed by atoms with E-state index in [2.05, 4.69) is 10.6 Å². The van der Waals surface area contributed by atoms with Crippen LogP contribution in [-0.2, 0) is 4.79 Å². The van der Waals surface area contributed by atoms with Crippen LogP contribution in [0.25, 0.3) is 0 Å². The van der Waals surface area contributed by atoms with Gasteiger partial charge >= 0.3 is 0 Å². The summed E-state index contributed by atoms with van der Waals surface area (Å²) < 4.78 is 0. The van der Waals surface area contributed by atoms with Crippen LogP contribution >= 0.6 is 0 Å². The first kappa shape index (κ1) is 12.3. The fourth-order valence-electron chi connectivity index (χ4n) is 1.43. The van der Waals surface area contributed by atoms with Crippen molar-refractivity contribution < 1.29 is 25.2 Å². The molecule has 4 atom stereocenters. The molecule has 0 unspecified atom stereocenters. The Balaban J connectivity index is 2.51.